The molecule has 0 aliphatic heterocycles. The maximum Gasteiger partial charge on any atom is 0.387 e. The van der Waals surface area contributed by atoms with E-state index in [0.717, 1.165) is 5.56 Å². The lowest BCUT2D eigenvalue weighted by Gasteiger charge is -2.19. The first-order chi connectivity index (χ1) is 11.6. The summed E-state index contributed by atoms with van der Waals surface area (Å²) < 4.78 is 54.2. The molecule has 0 aliphatic carbocycles. The minimum atomic E-state index is -3.52. The third kappa shape index (κ3) is 5.81. The Morgan fingerprint density at radius 2 is 1.56 bits per heavy atom. The lowest BCUT2D eigenvalue weighted by Crippen LogP contribution is -2.12. The van der Waals surface area contributed by atoms with Crippen molar-refractivity contribution in [1.82, 2.24) is 0 Å². The second-order valence-electron chi connectivity index (χ2n) is 6.97. The van der Waals surface area contributed by atoms with Crippen molar-refractivity contribution in [1.29, 1.82) is 0 Å². The Balaban J connectivity index is 2.15. The summed E-state index contributed by atoms with van der Waals surface area (Å²) in [6.07, 6.45) is 0. The van der Waals surface area contributed by atoms with Crippen LogP contribution < -0.4 is 4.74 Å². The second-order valence-corrected chi connectivity index (χ2v) is 9.03. The highest BCUT2D eigenvalue weighted by Gasteiger charge is 2.19. The second kappa shape index (κ2) is 7.52. The van der Waals surface area contributed by atoms with Crippen molar-refractivity contribution in [3.05, 3.63) is 65.2 Å². The number of hydrogen-bond acceptors (Lipinski definition) is 3. The number of sulfone groups is 1. The van der Waals surface area contributed by atoms with Crippen molar-refractivity contribution in [2.45, 2.75) is 44.3 Å². The van der Waals surface area contributed by atoms with Gasteiger partial charge in [-0.15, -0.1) is 0 Å². The van der Waals surface area contributed by atoms with Crippen molar-refractivity contribution in [2.24, 2.45) is 0 Å². The molecule has 0 bridgehead atoms. The summed E-state index contributed by atoms with van der Waals surface area (Å²) in [5.74, 6) is -0.610. The summed E-state index contributed by atoms with van der Waals surface area (Å²) >= 11 is 0. The molecule has 2 aromatic rings. The van der Waals surface area contributed by atoms with Gasteiger partial charge in [-0.25, -0.2) is 8.42 Å². The van der Waals surface area contributed by atoms with E-state index >= 15 is 0 Å². The fourth-order valence-corrected chi connectivity index (χ4v) is 3.99. The first kappa shape index (κ1) is 19.4. The van der Waals surface area contributed by atoms with E-state index in [1.54, 1.807) is 18.2 Å². The fourth-order valence-electron chi connectivity index (χ4n) is 2.48. The average molecular weight is 368 g/mol. The lowest BCUT2D eigenvalue weighted by atomic mass is 9.87. The highest BCUT2D eigenvalue weighted by atomic mass is 32.2. The summed E-state index contributed by atoms with van der Waals surface area (Å²) in [6, 6.07) is 13.4. The number of ether oxygens (including phenoxy) is 1. The molecule has 0 amide bonds. The van der Waals surface area contributed by atoms with Gasteiger partial charge in [-0.1, -0.05) is 63.2 Å². The highest BCUT2D eigenvalue weighted by molar-refractivity contribution is 7.89. The zero-order valence-electron chi connectivity index (χ0n) is 14.5. The Bertz CT molecular complexity index is 807. The first-order valence-electron chi connectivity index (χ1n) is 7.89. The van der Waals surface area contributed by atoms with Gasteiger partial charge in [0.05, 0.1) is 11.5 Å². The van der Waals surface area contributed by atoms with Gasteiger partial charge >= 0.3 is 6.61 Å². The quantitative estimate of drug-likeness (QED) is 0.742. The molecule has 136 valence electrons. The third-order valence-corrected chi connectivity index (χ3v) is 5.29. The predicted octanol–water partition coefficient (Wildman–Crippen LogP) is 4.70. The molecule has 0 saturated carbocycles. The fraction of sp³-hybridized carbons (Fsp3) is 0.368. The SMILES string of the molecule is CC(C)(C)c1ccc(CS(=O)(=O)Cc2ccccc2OC(F)F)cc1. The van der Waals surface area contributed by atoms with Crippen LogP contribution in [0.4, 0.5) is 8.78 Å². The van der Waals surface area contributed by atoms with E-state index in [2.05, 4.69) is 25.5 Å². The monoisotopic (exact) mass is 368 g/mol. The van der Waals surface area contributed by atoms with Gasteiger partial charge in [-0.05, 0) is 22.6 Å². The van der Waals surface area contributed by atoms with E-state index in [4.69, 9.17) is 0 Å². The van der Waals surface area contributed by atoms with Gasteiger partial charge in [0.25, 0.3) is 0 Å². The number of hydrogen-bond donors (Lipinski definition) is 0. The molecule has 0 atom stereocenters. The molecule has 0 heterocycles. The largest absolute Gasteiger partial charge is 0.435 e. The molecule has 0 N–H and O–H groups in total. The molecule has 25 heavy (non-hydrogen) atoms. The molecular weight excluding hydrogens is 346 g/mol. The Morgan fingerprint density at radius 3 is 2.12 bits per heavy atom. The van der Waals surface area contributed by atoms with Crippen molar-refractivity contribution in [2.75, 3.05) is 0 Å². The summed E-state index contributed by atoms with van der Waals surface area (Å²) in [5, 5.41) is 0. The molecule has 0 unspecified atom stereocenters. The molecule has 3 nitrogen and oxygen atoms in total. The van der Waals surface area contributed by atoms with Crippen LogP contribution in [0.15, 0.2) is 48.5 Å². The van der Waals surface area contributed by atoms with Gasteiger partial charge < -0.3 is 4.74 Å². The Labute approximate surface area is 147 Å². The van der Waals surface area contributed by atoms with Gasteiger partial charge in [0.1, 0.15) is 5.75 Å². The Hall–Kier alpha value is -1.95. The van der Waals surface area contributed by atoms with E-state index in [1.807, 2.05) is 12.1 Å². The molecule has 2 aromatic carbocycles. The molecule has 0 radical (unpaired) electrons. The zero-order valence-corrected chi connectivity index (χ0v) is 15.3. The van der Waals surface area contributed by atoms with Crippen molar-refractivity contribution >= 4 is 9.84 Å². The minimum Gasteiger partial charge on any atom is -0.435 e. The van der Waals surface area contributed by atoms with E-state index in [0.29, 0.717) is 5.56 Å². The standard InChI is InChI=1S/C19H22F2O3S/c1-19(2,3)16-10-8-14(9-11-16)12-25(22,23)13-15-6-4-5-7-17(15)24-18(20)21/h4-11,18H,12-13H2,1-3H3. The van der Waals surface area contributed by atoms with E-state index in [-0.39, 0.29) is 28.2 Å². The molecule has 0 saturated heterocycles. The van der Waals surface area contributed by atoms with Gasteiger partial charge in [-0.3, -0.25) is 0 Å². The number of benzene rings is 2. The topological polar surface area (TPSA) is 43.4 Å². The summed E-state index contributed by atoms with van der Waals surface area (Å²) in [6.45, 7) is 3.25. The van der Waals surface area contributed by atoms with Gasteiger partial charge in [-0.2, -0.15) is 8.78 Å². The smallest absolute Gasteiger partial charge is 0.387 e. The maximum atomic E-state index is 12.4. The molecular formula is C19H22F2O3S. The van der Waals surface area contributed by atoms with Crippen molar-refractivity contribution in [3.8, 4) is 5.75 Å². The van der Waals surface area contributed by atoms with Crippen LogP contribution in [0, 0.1) is 0 Å². The Morgan fingerprint density at radius 1 is 0.960 bits per heavy atom. The zero-order chi connectivity index (χ0) is 18.7. The maximum absolute atomic E-state index is 12.4. The van der Waals surface area contributed by atoms with E-state index in [9.17, 15) is 17.2 Å². The molecule has 0 aliphatic rings. The molecule has 6 heteroatoms. The van der Waals surface area contributed by atoms with Crippen LogP contribution in [0.5, 0.6) is 5.75 Å². The van der Waals surface area contributed by atoms with Crippen LogP contribution in [0.25, 0.3) is 0 Å². The highest BCUT2D eigenvalue weighted by Crippen LogP contribution is 2.25. The molecule has 0 fully saturated rings. The van der Waals surface area contributed by atoms with E-state index < -0.39 is 16.4 Å². The number of halogens is 2. The van der Waals surface area contributed by atoms with Crippen molar-refractivity contribution < 1.29 is 21.9 Å². The normalized spacial score (nSPS) is 12.4. The van der Waals surface area contributed by atoms with Crippen LogP contribution in [-0.4, -0.2) is 15.0 Å². The molecule has 0 aromatic heterocycles. The number of rotatable bonds is 6. The first-order valence-corrected chi connectivity index (χ1v) is 9.71. The van der Waals surface area contributed by atoms with Gasteiger partial charge in [0.2, 0.25) is 0 Å². The average Bonchev–Trinajstić information content (AvgIpc) is 2.47. The molecule has 0 spiro atoms. The van der Waals surface area contributed by atoms with Crippen LogP contribution in [0.1, 0.15) is 37.5 Å². The van der Waals surface area contributed by atoms with Gasteiger partial charge in [0.15, 0.2) is 9.84 Å². The van der Waals surface area contributed by atoms with Crippen LogP contribution in [-0.2, 0) is 26.8 Å². The number of alkyl halides is 2. The van der Waals surface area contributed by atoms with Crippen LogP contribution in [0.2, 0.25) is 0 Å². The number of para-hydroxylation sites is 1. The minimum absolute atomic E-state index is 0.0110. The Kier molecular flexibility index (Phi) is 5.83. The summed E-state index contributed by atoms with van der Waals surface area (Å²) in [4.78, 5) is 0. The van der Waals surface area contributed by atoms with Crippen molar-refractivity contribution in [3.63, 3.8) is 0 Å². The summed E-state index contributed by atoms with van der Waals surface area (Å²) in [7, 11) is -3.52. The summed E-state index contributed by atoms with van der Waals surface area (Å²) in [5.41, 5.74) is 2.00. The predicted molar refractivity (Wildman–Crippen MR) is 94.5 cm³/mol. The van der Waals surface area contributed by atoms with Gasteiger partial charge in [0, 0.05) is 5.56 Å². The third-order valence-electron chi connectivity index (χ3n) is 3.77. The molecule has 2 rings (SSSR count). The lowest BCUT2D eigenvalue weighted by molar-refractivity contribution is -0.0503. The van der Waals surface area contributed by atoms with Crippen LogP contribution >= 0.6 is 0 Å². The van der Waals surface area contributed by atoms with Crippen LogP contribution in [0.3, 0.4) is 0 Å². The van der Waals surface area contributed by atoms with E-state index in [1.165, 1.54) is 18.2 Å².